The maximum Gasteiger partial charge on any atom is 0.238 e. The smallest absolute Gasteiger partial charge is 0.238 e. The number of phenolic OH excluding ortho intramolecular Hbond substituents is 1. The van der Waals surface area contributed by atoms with Crippen molar-refractivity contribution in [2.24, 2.45) is 23.7 Å². The van der Waals surface area contributed by atoms with Gasteiger partial charge in [0.1, 0.15) is 18.1 Å². The topological polar surface area (TPSA) is 118 Å². The second kappa shape index (κ2) is 15.5. The fourth-order valence-corrected chi connectivity index (χ4v) is 10.6. The molecule has 1 heterocycles. The summed E-state index contributed by atoms with van der Waals surface area (Å²) < 4.78 is 6.11. The molecule has 4 aliphatic rings. The van der Waals surface area contributed by atoms with E-state index in [2.05, 4.69) is 0 Å². The fraction of sp³-hybridized carbons (Fsp3) is 0.167. The number of nitrogens with zero attached hydrogens (tertiary/aromatic N) is 1. The average Bonchev–Trinajstić information content (AvgIpc) is 3.58. The van der Waals surface area contributed by atoms with Gasteiger partial charge < -0.3 is 9.84 Å². The van der Waals surface area contributed by atoms with E-state index in [1.165, 1.54) is 11.0 Å². The van der Waals surface area contributed by atoms with Crippen LogP contribution in [0.4, 0.5) is 5.69 Å². The van der Waals surface area contributed by atoms with Crippen LogP contribution in [0.15, 0.2) is 182 Å². The minimum absolute atomic E-state index is 0.114. The second-order valence-electron chi connectivity index (χ2n) is 16.5. The van der Waals surface area contributed by atoms with Crippen molar-refractivity contribution in [3.05, 3.63) is 215 Å². The van der Waals surface area contributed by atoms with Crippen molar-refractivity contribution in [1.29, 1.82) is 0 Å². The molecule has 2 fully saturated rings. The number of allylic oxidation sites excluding steroid dienone is 4. The van der Waals surface area contributed by atoms with Gasteiger partial charge in [0.25, 0.3) is 0 Å². The molecule has 6 aromatic carbocycles. The van der Waals surface area contributed by atoms with Gasteiger partial charge in [0.15, 0.2) is 17.3 Å². The van der Waals surface area contributed by atoms with E-state index in [0.717, 1.165) is 11.1 Å². The number of ether oxygens (including phenoxy) is 1. The van der Waals surface area contributed by atoms with Crippen LogP contribution in [-0.2, 0) is 31.2 Å². The van der Waals surface area contributed by atoms with Gasteiger partial charge in [0.05, 0.1) is 22.9 Å². The first-order chi connectivity index (χ1) is 30.3. The molecule has 0 unspecified atom stereocenters. The number of imide groups is 1. The molecule has 0 aromatic heterocycles. The Morgan fingerprint density at radius 2 is 1.32 bits per heavy atom. The molecule has 2 amide bonds. The highest BCUT2D eigenvalue weighted by atomic mass is 16.5. The van der Waals surface area contributed by atoms with Gasteiger partial charge in [-0.05, 0) is 71.9 Å². The van der Waals surface area contributed by atoms with E-state index >= 15 is 9.59 Å². The van der Waals surface area contributed by atoms with Crippen LogP contribution in [0.1, 0.15) is 56.9 Å². The van der Waals surface area contributed by atoms with Gasteiger partial charge >= 0.3 is 0 Å². The lowest BCUT2D eigenvalue weighted by atomic mass is 9.44. The third-order valence-corrected chi connectivity index (χ3v) is 13.4. The summed E-state index contributed by atoms with van der Waals surface area (Å²) in [6.45, 7) is 0.272. The van der Waals surface area contributed by atoms with Crippen molar-refractivity contribution in [3.8, 4) is 11.5 Å². The molecule has 10 rings (SSSR count). The summed E-state index contributed by atoms with van der Waals surface area (Å²) >= 11 is 0. The lowest BCUT2D eigenvalue weighted by molar-refractivity contribution is -0.135. The molecule has 8 heteroatoms. The van der Waals surface area contributed by atoms with Crippen molar-refractivity contribution >= 4 is 40.4 Å². The number of ketones is 3. The van der Waals surface area contributed by atoms with Gasteiger partial charge in [-0.3, -0.25) is 28.9 Å². The van der Waals surface area contributed by atoms with Crippen LogP contribution in [0.3, 0.4) is 0 Å². The fourth-order valence-electron chi connectivity index (χ4n) is 10.6. The summed E-state index contributed by atoms with van der Waals surface area (Å²) in [7, 11) is 0. The third-order valence-electron chi connectivity index (χ3n) is 13.4. The number of benzene rings is 6. The molecule has 6 atom stereocenters. The number of hydrogen-bond donors (Lipinski definition) is 1. The van der Waals surface area contributed by atoms with Gasteiger partial charge in [-0.15, -0.1) is 0 Å². The molecule has 6 aromatic rings. The summed E-state index contributed by atoms with van der Waals surface area (Å²) in [5, 5.41) is 12.1. The van der Waals surface area contributed by atoms with E-state index in [1.54, 1.807) is 66.7 Å². The molecule has 304 valence electrons. The highest BCUT2D eigenvalue weighted by Crippen LogP contribution is 2.64. The number of aromatic hydroxyl groups is 1. The molecule has 0 spiro atoms. The maximum atomic E-state index is 15.4. The maximum absolute atomic E-state index is 15.4. The molecule has 1 N–H and O–H groups in total. The first-order valence-electron chi connectivity index (χ1n) is 20.9. The molecule has 62 heavy (non-hydrogen) atoms. The lowest BCUT2D eigenvalue weighted by Crippen LogP contribution is -2.58. The van der Waals surface area contributed by atoms with E-state index in [-0.39, 0.29) is 48.5 Å². The summed E-state index contributed by atoms with van der Waals surface area (Å²) in [5.74, 6) is -5.16. The number of phenols is 1. The Kier molecular flexibility index (Phi) is 9.71. The zero-order chi connectivity index (χ0) is 42.5. The van der Waals surface area contributed by atoms with Crippen LogP contribution in [-0.4, -0.2) is 34.3 Å². The number of hydrogen-bond acceptors (Lipinski definition) is 7. The number of Topliss-reactive ketones (excluding diaryl/α,β-unsaturated/α-hetero) is 1. The standard InChI is InChI=1S/C54H41NO7/c56-46-29-39(62-32-33-13-5-1-6-14-33)25-26-41(46)49-40-27-28-42-48(53(61)55(52(42)60)38-23-21-36(22-24-38)50(58)35-17-9-3-10-18-35)44(40)30-45-51(59)43(34-15-7-2-8-16-34)31-47(57)54(45,49)37-19-11-4-12-20-37/h1-27,29,31,42,44-45,48-49,56H,28,30,32H2/t42-,44+,45-,48-,49+,54-/m0/s1. The van der Waals surface area contributed by atoms with Crippen molar-refractivity contribution in [2.45, 2.75) is 30.8 Å². The van der Waals surface area contributed by atoms with Gasteiger partial charge in [-0.1, -0.05) is 139 Å². The van der Waals surface area contributed by atoms with E-state index in [9.17, 15) is 19.5 Å². The monoisotopic (exact) mass is 815 g/mol. The zero-order valence-corrected chi connectivity index (χ0v) is 33.6. The number of fused-ring (bicyclic) bond motifs is 4. The van der Waals surface area contributed by atoms with Gasteiger partial charge in [-0.2, -0.15) is 0 Å². The highest BCUT2D eigenvalue weighted by Gasteiger charge is 2.66. The molecular formula is C54H41NO7. The van der Waals surface area contributed by atoms with Crippen molar-refractivity contribution < 1.29 is 33.8 Å². The Hall–Kier alpha value is -7.45. The molecular weight excluding hydrogens is 775 g/mol. The second-order valence-corrected chi connectivity index (χ2v) is 16.5. The number of anilines is 1. The first kappa shape index (κ1) is 38.7. The number of carbonyl (C=O) groups is 5. The zero-order valence-electron chi connectivity index (χ0n) is 33.6. The van der Waals surface area contributed by atoms with E-state index in [1.807, 2.05) is 103 Å². The minimum Gasteiger partial charge on any atom is -0.508 e. The van der Waals surface area contributed by atoms with Crippen molar-refractivity contribution in [1.82, 2.24) is 0 Å². The Morgan fingerprint density at radius 3 is 2.00 bits per heavy atom. The van der Waals surface area contributed by atoms with E-state index in [4.69, 9.17) is 4.74 Å². The van der Waals surface area contributed by atoms with Crippen molar-refractivity contribution in [2.75, 3.05) is 4.90 Å². The Balaban J connectivity index is 1.09. The first-order valence-corrected chi connectivity index (χ1v) is 20.9. The molecule has 0 radical (unpaired) electrons. The number of carbonyl (C=O) groups excluding carboxylic acids is 5. The largest absolute Gasteiger partial charge is 0.508 e. The summed E-state index contributed by atoms with van der Waals surface area (Å²) in [6, 6.07) is 48.5. The Labute approximate surface area is 358 Å². The Bertz CT molecular complexity index is 2820. The summed E-state index contributed by atoms with van der Waals surface area (Å²) in [6.07, 6.45) is 3.79. The SMILES string of the molecule is O=C(c1ccccc1)c1ccc(N2C(=O)[C@H]3[C@H](CC=C4[C@H]3C[C@H]3C(=O)C(c5ccccc5)=CC(=O)[C@@]3(c3ccccc3)[C@H]4c3ccc(OCc4ccccc4)cc3O)C2=O)cc1. The Morgan fingerprint density at radius 1 is 0.694 bits per heavy atom. The van der Waals surface area contributed by atoms with Gasteiger partial charge in [0, 0.05) is 40.2 Å². The van der Waals surface area contributed by atoms with Crippen LogP contribution >= 0.6 is 0 Å². The van der Waals surface area contributed by atoms with Crippen LogP contribution in [0.25, 0.3) is 5.57 Å². The van der Waals surface area contributed by atoms with Crippen LogP contribution in [0.5, 0.6) is 11.5 Å². The molecule has 1 saturated heterocycles. The molecule has 1 aliphatic heterocycles. The summed E-state index contributed by atoms with van der Waals surface area (Å²) in [4.78, 5) is 74.5. The molecule has 8 nitrogen and oxygen atoms in total. The predicted molar refractivity (Wildman–Crippen MR) is 234 cm³/mol. The van der Waals surface area contributed by atoms with Crippen LogP contribution < -0.4 is 9.64 Å². The van der Waals surface area contributed by atoms with Crippen LogP contribution in [0, 0.1) is 23.7 Å². The quantitative estimate of drug-likeness (QED) is 0.0879. The van der Waals surface area contributed by atoms with Gasteiger partial charge in [-0.25, -0.2) is 0 Å². The minimum atomic E-state index is -1.50. The third kappa shape index (κ3) is 6.24. The summed E-state index contributed by atoms with van der Waals surface area (Å²) in [5.41, 5.74) is 3.45. The number of rotatable bonds is 9. The predicted octanol–water partition coefficient (Wildman–Crippen LogP) is 9.23. The highest BCUT2D eigenvalue weighted by molar-refractivity contribution is 6.32. The average molecular weight is 816 g/mol. The van der Waals surface area contributed by atoms with E-state index < -0.39 is 40.9 Å². The van der Waals surface area contributed by atoms with E-state index in [0.29, 0.717) is 44.8 Å². The normalized spacial score (nSPS) is 24.1. The van der Waals surface area contributed by atoms with Crippen molar-refractivity contribution in [3.63, 3.8) is 0 Å². The molecule has 1 saturated carbocycles. The van der Waals surface area contributed by atoms with Gasteiger partial charge in [0.2, 0.25) is 11.8 Å². The molecule has 3 aliphatic carbocycles. The number of amides is 2. The lowest BCUT2D eigenvalue weighted by Gasteiger charge is -2.55. The van der Waals surface area contributed by atoms with Crippen LogP contribution in [0.2, 0.25) is 0 Å². The molecule has 0 bridgehead atoms.